The predicted octanol–water partition coefficient (Wildman–Crippen LogP) is 3.86. The molecular weight excluding hydrogens is 469 g/mol. The highest BCUT2D eigenvalue weighted by Crippen LogP contribution is 2.13. The van der Waals surface area contributed by atoms with Gasteiger partial charge in [-0.1, -0.05) is 35.5 Å². The quantitative estimate of drug-likeness (QED) is 0.292. The molecule has 0 bridgehead atoms. The van der Waals surface area contributed by atoms with E-state index in [1.807, 2.05) is 26.8 Å². The average Bonchev–Trinajstić information content (AvgIpc) is 3.15. The molecule has 0 saturated heterocycles. The van der Waals surface area contributed by atoms with E-state index in [-0.39, 0.29) is 30.1 Å². The van der Waals surface area contributed by atoms with Crippen LogP contribution in [-0.4, -0.2) is 35.3 Å². The Morgan fingerprint density at radius 3 is 2.64 bits per heavy atom. The summed E-state index contributed by atoms with van der Waals surface area (Å²) in [5.74, 6) is 1.78. The molecule has 1 aromatic carbocycles. The fraction of sp³-hybridized carbons (Fsp3) is 0.550. The van der Waals surface area contributed by atoms with E-state index >= 15 is 0 Å². The van der Waals surface area contributed by atoms with Crippen molar-refractivity contribution in [1.82, 2.24) is 20.8 Å². The summed E-state index contributed by atoms with van der Waals surface area (Å²) in [6.45, 7) is 9.76. The zero-order chi connectivity index (χ0) is 19.5. The highest BCUT2D eigenvalue weighted by molar-refractivity contribution is 14.0. The largest absolute Gasteiger partial charge is 0.371 e. The SMILES string of the molecule is CCNC(=NCc1nc(C(C)OCC)no1)NC(C)CCc1ccccc1.I. The molecule has 0 spiro atoms. The molecule has 2 rings (SSSR count). The van der Waals surface area contributed by atoms with Crippen molar-refractivity contribution in [2.24, 2.45) is 4.99 Å². The topological polar surface area (TPSA) is 84.6 Å². The molecule has 1 aromatic heterocycles. The van der Waals surface area contributed by atoms with E-state index in [2.05, 4.69) is 57.0 Å². The van der Waals surface area contributed by atoms with Crippen molar-refractivity contribution in [2.45, 2.75) is 59.2 Å². The number of halogens is 1. The summed E-state index contributed by atoms with van der Waals surface area (Å²) in [6, 6.07) is 10.8. The van der Waals surface area contributed by atoms with Crippen LogP contribution in [0.1, 0.15) is 57.5 Å². The molecule has 156 valence electrons. The summed E-state index contributed by atoms with van der Waals surface area (Å²) < 4.78 is 10.7. The Morgan fingerprint density at radius 1 is 1.21 bits per heavy atom. The molecule has 0 fully saturated rings. The van der Waals surface area contributed by atoms with Crippen LogP contribution in [0.25, 0.3) is 0 Å². The number of nitrogens with one attached hydrogen (secondary N) is 2. The first kappa shape index (κ1) is 24.4. The molecule has 8 heteroatoms. The maximum Gasteiger partial charge on any atom is 0.248 e. The second-order valence-electron chi connectivity index (χ2n) is 6.41. The van der Waals surface area contributed by atoms with Gasteiger partial charge in [0.2, 0.25) is 5.89 Å². The fourth-order valence-electron chi connectivity index (χ4n) is 2.62. The third-order valence-corrected chi connectivity index (χ3v) is 4.07. The number of guanidine groups is 1. The van der Waals surface area contributed by atoms with Crippen LogP contribution in [0.3, 0.4) is 0 Å². The first-order valence-electron chi connectivity index (χ1n) is 9.65. The number of ether oxygens (including phenoxy) is 1. The molecular formula is C20H32IN5O2. The summed E-state index contributed by atoms with van der Waals surface area (Å²) in [5, 5.41) is 10.7. The molecule has 0 aliphatic rings. The molecule has 0 aliphatic heterocycles. The van der Waals surface area contributed by atoms with E-state index in [1.165, 1.54) is 5.56 Å². The molecule has 2 aromatic rings. The Hall–Kier alpha value is -1.68. The molecule has 2 N–H and O–H groups in total. The molecule has 1 heterocycles. The molecule has 0 saturated carbocycles. The van der Waals surface area contributed by atoms with Gasteiger partial charge in [0.25, 0.3) is 0 Å². The van der Waals surface area contributed by atoms with Crippen LogP contribution in [0, 0.1) is 0 Å². The Labute approximate surface area is 184 Å². The number of aryl methyl sites for hydroxylation is 1. The van der Waals surface area contributed by atoms with E-state index < -0.39 is 0 Å². The number of aliphatic imine (C=N–C) groups is 1. The lowest BCUT2D eigenvalue weighted by Crippen LogP contribution is -2.42. The standard InChI is InChI=1S/C20H31N5O2.HI/c1-5-21-20(23-15(3)12-13-17-10-8-7-9-11-17)22-14-18-24-19(25-27-18)16(4)26-6-2;/h7-11,15-16H,5-6,12-14H2,1-4H3,(H2,21,22,23);1H. The maximum absolute atomic E-state index is 5.48. The minimum atomic E-state index is -0.180. The van der Waals surface area contributed by atoms with E-state index in [0.29, 0.717) is 30.9 Å². The Kier molecular flexibility index (Phi) is 11.7. The number of nitrogens with zero attached hydrogens (tertiary/aromatic N) is 3. The van der Waals surface area contributed by atoms with E-state index in [9.17, 15) is 0 Å². The molecule has 0 aliphatic carbocycles. The highest BCUT2D eigenvalue weighted by atomic mass is 127. The van der Waals surface area contributed by atoms with Gasteiger partial charge < -0.3 is 19.9 Å². The van der Waals surface area contributed by atoms with Gasteiger partial charge in [0, 0.05) is 19.2 Å². The Balaban J connectivity index is 0.00000392. The first-order valence-corrected chi connectivity index (χ1v) is 9.65. The van der Waals surface area contributed by atoms with Gasteiger partial charge in [0.15, 0.2) is 11.8 Å². The van der Waals surface area contributed by atoms with Crippen molar-refractivity contribution < 1.29 is 9.26 Å². The Morgan fingerprint density at radius 2 is 1.96 bits per heavy atom. The molecule has 2 unspecified atom stereocenters. The zero-order valence-electron chi connectivity index (χ0n) is 17.1. The van der Waals surface area contributed by atoms with Crippen LogP contribution in [0.5, 0.6) is 0 Å². The van der Waals surface area contributed by atoms with E-state index in [1.54, 1.807) is 0 Å². The van der Waals surface area contributed by atoms with Crippen LogP contribution in [0.4, 0.5) is 0 Å². The highest BCUT2D eigenvalue weighted by Gasteiger charge is 2.13. The minimum Gasteiger partial charge on any atom is -0.371 e. The molecule has 0 radical (unpaired) electrons. The summed E-state index contributed by atoms with van der Waals surface area (Å²) >= 11 is 0. The third kappa shape index (κ3) is 8.55. The molecule has 0 amide bonds. The van der Waals surface area contributed by atoms with Crippen molar-refractivity contribution >= 4 is 29.9 Å². The number of benzene rings is 1. The van der Waals surface area contributed by atoms with Crippen molar-refractivity contribution in [2.75, 3.05) is 13.2 Å². The lowest BCUT2D eigenvalue weighted by Gasteiger charge is -2.17. The fourth-order valence-corrected chi connectivity index (χ4v) is 2.62. The summed E-state index contributed by atoms with van der Waals surface area (Å²) in [4.78, 5) is 8.91. The van der Waals surface area contributed by atoms with Gasteiger partial charge in [0.1, 0.15) is 12.6 Å². The van der Waals surface area contributed by atoms with E-state index in [4.69, 9.17) is 9.26 Å². The first-order chi connectivity index (χ1) is 13.1. The molecule has 7 nitrogen and oxygen atoms in total. The van der Waals surface area contributed by atoms with Crippen molar-refractivity contribution in [1.29, 1.82) is 0 Å². The normalized spacial score (nSPS) is 13.5. The van der Waals surface area contributed by atoms with Crippen LogP contribution in [0.2, 0.25) is 0 Å². The number of hydrogen-bond donors (Lipinski definition) is 2. The second kappa shape index (κ2) is 13.5. The molecule has 28 heavy (non-hydrogen) atoms. The number of aromatic nitrogens is 2. The van der Waals surface area contributed by atoms with Gasteiger partial charge in [0.05, 0.1) is 0 Å². The van der Waals surface area contributed by atoms with Gasteiger partial charge in [-0.25, -0.2) is 4.99 Å². The third-order valence-electron chi connectivity index (χ3n) is 4.07. The Bertz CT molecular complexity index is 693. The lowest BCUT2D eigenvalue weighted by molar-refractivity contribution is 0.0683. The predicted molar refractivity (Wildman–Crippen MR) is 122 cm³/mol. The van der Waals surface area contributed by atoms with Crippen molar-refractivity contribution in [3.8, 4) is 0 Å². The van der Waals surface area contributed by atoms with Gasteiger partial charge in [-0.05, 0) is 46.1 Å². The summed E-state index contributed by atoms with van der Waals surface area (Å²) in [7, 11) is 0. The van der Waals surface area contributed by atoms with E-state index in [0.717, 1.165) is 25.3 Å². The second-order valence-corrected chi connectivity index (χ2v) is 6.41. The monoisotopic (exact) mass is 501 g/mol. The molecule has 2 atom stereocenters. The van der Waals surface area contributed by atoms with Gasteiger partial charge in [-0.15, -0.1) is 24.0 Å². The minimum absolute atomic E-state index is 0. The van der Waals surface area contributed by atoms with Crippen molar-refractivity contribution in [3.63, 3.8) is 0 Å². The number of rotatable bonds is 10. The van der Waals surface area contributed by atoms with Gasteiger partial charge >= 0.3 is 0 Å². The van der Waals surface area contributed by atoms with Crippen molar-refractivity contribution in [3.05, 3.63) is 47.6 Å². The summed E-state index contributed by atoms with van der Waals surface area (Å²) in [5.41, 5.74) is 1.34. The summed E-state index contributed by atoms with van der Waals surface area (Å²) in [6.07, 6.45) is 1.86. The maximum atomic E-state index is 5.48. The van der Waals surface area contributed by atoms with Gasteiger partial charge in [-0.3, -0.25) is 0 Å². The number of hydrogen-bond acceptors (Lipinski definition) is 5. The van der Waals surface area contributed by atoms with Crippen LogP contribution >= 0.6 is 24.0 Å². The van der Waals surface area contributed by atoms with Gasteiger partial charge in [-0.2, -0.15) is 4.98 Å². The van der Waals surface area contributed by atoms with Crippen LogP contribution in [0.15, 0.2) is 39.8 Å². The smallest absolute Gasteiger partial charge is 0.248 e. The van der Waals surface area contributed by atoms with Crippen LogP contribution < -0.4 is 10.6 Å². The lowest BCUT2D eigenvalue weighted by atomic mass is 10.1. The average molecular weight is 501 g/mol. The zero-order valence-corrected chi connectivity index (χ0v) is 19.5. The van der Waals surface area contributed by atoms with Crippen LogP contribution in [-0.2, 0) is 17.7 Å².